The van der Waals surface area contributed by atoms with E-state index in [0.717, 1.165) is 12.1 Å². The highest BCUT2D eigenvalue weighted by Crippen LogP contribution is 2.18. The Kier molecular flexibility index (Phi) is 3.72. The smallest absolute Gasteiger partial charge is 0.257 e. The molecule has 2 atom stereocenters. The molecule has 0 saturated heterocycles. The first-order chi connectivity index (χ1) is 8.61. The van der Waals surface area contributed by atoms with Gasteiger partial charge in [-0.15, -0.1) is 0 Å². The highest BCUT2D eigenvalue weighted by Gasteiger charge is 2.23. The first-order valence-electron chi connectivity index (χ1n) is 5.66. The van der Waals surface area contributed by atoms with Gasteiger partial charge in [-0.1, -0.05) is 18.2 Å². The molecule has 0 aromatic heterocycles. The van der Waals surface area contributed by atoms with Crippen LogP contribution in [0.15, 0.2) is 30.4 Å². The van der Waals surface area contributed by atoms with Gasteiger partial charge in [-0.2, -0.15) is 0 Å². The average molecular weight is 253 g/mol. The van der Waals surface area contributed by atoms with Crippen LogP contribution in [0.4, 0.5) is 8.78 Å². The normalized spacial score (nSPS) is 22.2. The Hall–Kier alpha value is -1.75. The van der Waals surface area contributed by atoms with E-state index in [1.807, 2.05) is 0 Å². The first-order valence-corrected chi connectivity index (χ1v) is 5.66. The monoisotopic (exact) mass is 253 g/mol. The molecule has 1 aromatic rings. The number of hydrogen-bond acceptors (Lipinski definition) is 2. The molecule has 3 nitrogen and oxygen atoms in total. The largest absolute Gasteiger partial charge is 0.396 e. The summed E-state index contributed by atoms with van der Waals surface area (Å²) in [4.78, 5) is 11.7. The lowest BCUT2D eigenvalue weighted by molar-refractivity contribution is 0.0932. The van der Waals surface area contributed by atoms with E-state index in [1.54, 1.807) is 12.2 Å². The minimum absolute atomic E-state index is 0.00305. The fourth-order valence-corrected chi connectivity index (χ4v) is 1.97. The molecule has 2 N–H and O–H groups in total. The van der Waals surface area contributed by atoms with Crippen molar-refractivity contribution in [3.63, 3.8) is 0 Å². The molecule has 1 amide bonds. The van der Waals surface area contributed by atoms with Crippen molar-refractivity contribution in [3.05, 3.63) is 47.5 Å². The zero-order valence-corrected chi connectivity index (χ0v) is 9.57. The SMILES string of the molecule is O=C(N[C@@H]1C=C[C@H](CO)C1)c1c(F)cccc1F. The average Bonchev–Trinajstić information content (AvgIpc) is 2.76. The summed E-state index contributed by atoms with van der Waals surface area (Å²) in [6.45, 7) is -0.00305. The Morgan fingerprint density at radius 3 is 2.56 bits per heavy atom. The van der Waals surface area contributed by atoms with Crippen LogP contribution in [0.2, 0.25) is 0 Å². The van der Waals surface area contributed by atoms with Crippen molar-refractivity contribution < 1.29 is 18.7 Å². The van der Waals surface area contributed by atoms with E-state index in [2.05, 4.69) is 5.32 Å². The van der Waals surface area contributed by atoms with Crippen LogP contribution < -0.4 is 5.32 Å². The van der Waals surface area contributed by atoms with Crippen LogP contribution in [-0.2, 0) is 0 Å². The molecule has 18 heavy (non-hydrogen) atoms. The van der Waals surface area contributed by atoms with Gasteiger partial charge in [0.05, 0.1) is 0 Å². The van der Waals surface area contributed by atoms with Crippen LogP contribution in [0.1, 0.15) is 16.8 Å². The number of amides is 1. The highest BCUT2D eigenvalue weighted by molar-refractivity contribution is 5.95. The fraction of sp³-hybridized carbons (Fsp3) is 0.308. The number of halogens is 2. The highest BCUT2D eigenvalue weighted by atomic mass is 19.1. The summed E-state index contributed by atoms with van der Waals surface area (Å²) < 4.78 is 26.7. The van der Waals surface area contributed by atoms with Crippen LogP contribution in [0.3, 0.4) is 0 Å². The maximum Gasteiger partial charge on any atom is 0.257 e. The topological polar surface area (TPSA) is 49.3 Å². The summed E-state index contributed by atoms with van der Waals surface area (Å²) in [5, 5.41) is 11.5. The number of rotatable bonds is 3. The Morgan fingerprint density at radius 2 is 2.00 bits per heavy atom. The fourth-order valence-electron chi connectivity index (χ4n) is 1.97. The van der Waals surface area contributed by atoms with Gasteiger partial charge in [0.25, 0.3) is 5.91 Å². The van der Waals surface area contributed by atoms with Gasteiger partial charge in [0, 0.05) is 18.6 Å². The van der Waals surface area contributed by atoms with Crippen LogP contribution >= 0.6 is 0 Å². The molecule has 0 aliphatic heterocycles. The Morgan fingerprint density at radius 1 is 1.33 bits per heavy atom. The lowest BCUT2D eigenvalue weighted by Gasteiger charge is -2.13. The molecule has 0 heterocycles. The van der Waals surface area contributed by atoms with E-state index >= 15 is 0 Å². The Balaban J connectivity index is 2.07. The molecular formula is C13H13F2NO2. The predicted molar refractivity (Wildman–Crippen MR) is 61.9 cm³/mol. The number of hydrogen-bond donors (Lipinski definition) is 2. The predicted octanol–water partition coefficient (Wildman–Crippen LogP) is 1.63. The summed E-state index contributed by atoms with van der Waals surface area (Å²) in [5.41, 5.74) is -0.571. The third-order valence-corrected chi connectivity index (χ3v) is 2.91. The van der Waals surface area contributed by atoms with Gasteiger partial charge in [0.15, 0.2) is 0 Å². The van der Waals surface area contributed by atoms with Crippen molar-refractivity contribution in [2.24, 2.45) is 5.92 Å². The second kappa shape index (κ2) is 5.27. The van der Waals surface area contributed by atoms with Crippen molar-refractivity contribution in [1.82, 2.24) is 5.32 Å². The molecule has 0 fully saturated rings. The number of nitrogens with one attached hydrogen (secondary N) is 1. The number of aliphatic hydroxyl groups is 1. The van der Waals surface area contributed by atoms with Gasteiger partial charge in [0.2, 0.25) is 0 Å². The summed E-state index contributed by atoms with van der Waals surface area (Å²) in [6, 6.07) is 2.99. The van der Waals surface area contributed by atoms with Gasteiger partial charge in [-0.05, 0) is 18.6 Å². The van der Waals surface area contributed by atoms with Gasteiger partial charge >= 0.3 is 0 Å². The second-order valence-corrected chi connectivity index (χ2v) is 4.24. The third-order valence-electron chi connectivity index (χ3n) is 2.91. The second-order valence-electron chi connectivity index (χ2n) is 4.24. The van der Waals surface area contributed by atoms with E-state index in [4.69, 9.17) is 5.11 Å². The van der Waals surface area contributed by atoms with Crippen LogP contribution in [0.25, 0.3) is 0 Å². The van der Waals surface area contributed by atoms with Crippen molar-refractivity contribution >= 4 is 5.91 Å². The number of aliphatic hydroxyl groups excluding tert-OH is 1. The lowest BCUT2D eigenvalue weighted by atomic mass is 10.1. The Labute approximate surface area is 103 Å². The molecule has 0 bridgehead atoms. The molecule has 1 aromatic carbocycles. The summed E-state index contributed by atoms with van der Waals surface area (Å²) in [6.07, 6.45) is 4.04. The maximum absolute atomic E-state index is 13.4. The quantitative estimate of drug-likeness (QED) is 0.804. The zero-order valence-electron chi connectivity index (χ0n) is 9.57. The van der Waals surface area contributed by atoms with Crippen LogP contribution in [-0.4, -0.2) is 23.7 Å². The van der Waals surface area contributed by atoms with Gasteiger partial charge in [-0.3, -0.25) is 4.79 Å². The van der Waals surface area contributed by atoms with E-state index in [9.17, 15) is 13.6 Å². The number of benzene rings is 1. The number of carbonyl (C=O) groups is 1. The van der Waals surface area contributed by atoms with Crippen molar-refractivity contribution in [2.75, 3.05) is 6.61 Å². The minimum Gasteiger partial charge on any atom is -0.396 e. The zero-order chi connectivity index (χ0) is 13.1. The number of carbonyl (C=O) groups excluding carboxylic acids is 1. The van der Waals surface area contributed by atoms with Crippen molar-refractivity contribution in [2.45, 2.75) is 12.5 Å². The lowest BCUT2D eigenvalue weighted by Crippen LogP contribution is -2.34. The molecule has 2 rings (SSSR count). The van der Waals surface area contributed by atoms with Gasteiger partial charge in [-0.25, -0.2) is 8.78 Å². The van der Waals surface area contributed by atoms with Gasteiger partial charge < -0.3 is 10.4 Å². The van der Waals surface area contributed by atoms with Crippen LogP contribution in [0.5, 0.6) is 0 Å². The molecule has 5 heteroatoms. The molecular weight excluding hydrogens is 240 g/mol. The molecule has 0 saturated carbocycles. The Bertz CT molecular complexity index is 468. The summed E-state index contributed by atoms with van der Waals surface area (Å²) in [7, 11) is 0. The molecule has 1 aliphatic carbocycles. The van der Waals surface area contributed by atoms with Gasteiger partial charge in [0.1, 0.15) is 17.2 Å². The minimum atomic E-state index is -0.881. The van der Waals surface area contributed by atoms with Crippen molar-refractivity contribution in [3.8, 4) is 0 Å². The molecule has 1 aliphatic rings. The van der Waals surface area contributed by atoms with E-state index in [0.29, 0.717) is 6.42 Å². The van der Waals surface area contributed by atoms with E-state index in [1.165, 1.54) is 6.07 Å². The van der Waals surface area contributed by atoms with E-state index < -0.39 is 23.1 Å². The summed E-state index contributed by atoms with van der Waals surface area (Å²) >= 11 is 0. The van der Waals surface area contributed by atoms with Crippen molar-refractivity contribution in [1.29, 1.82) is 0 Å². The molecule has 0 unspecified atom stereocenters. The molecule has 0 radical (unpaired) electrons. The summed E-state index contributed by atoms with van der Waals surface area (Å²) in [5.74, 6) is -2.55. The van der Waals surface area contributed by atoms with Crippen LogP contribution in [0, 0.1) is 17.6 Å². The third kappa shape index (κ3) is 2.56. The molecule has 0 spiro atoms. The molecule has 96 valence electrons. The standard InChI is InChI=1S/C13H13F2NO2/c14-10-2-1-3-11(15)12(10)13(18)16-9-5-4-8(6-9)7-17/h1-5,8-9,17H,6-7H2,(H,16,18)/t8-,9+/m0/s1. The van der Waals surface area contributed by atoms with E-state index in [-0.39, 0.29) is 18.6 Å². The first kappa shape index (κ1) is 12.7. The maximum atomic E-state index is 13.4.